The second kappa shape index (κ2) is 6.47. The largest absolute Gasteiger partial charge is 0.468 e. The molecule has 0 heterocycles. The first-order chi connectivity index (χ1) is 8.12. The lowest BCUT2D eigenvalue weighted by atomic mass is 9.94. The molecule has 96 valence electrons. The monoisotopic (exact) mass is 240 g/mol. The maximum atomic E-state index is 11.8. The molecule has 0 aromatic heterocycles. The second-order valence-corrected chi connectivity index (χ2v) is 4.71. The predicted octanol–water partition coefficient (Wildman–Crippen LogP) is 2.01. The number of esters is 1. The van der Waals surface area contributed by atoms with E-state index in [1.165, 1.54) is 20.0 Å². The number of ether oxygens (including phenoxy) is 1. The zero-order valence-electron chi connectivity index (χ0n) is 10.5. The Labute approximate surface area is 101 Å². The van der Waals surface area contributed by atoms with E-state index in [1.54, 1.807) is 0 Å². The molecule has 0 saturated heterocycles. The Bertz CT molecular complexity index is 311. The van der Waals surface area contributed by atoms with Crippen molar-refractivity contribution in [2.24, 2.45) is 11.0 Å². The zero-order chi connectivity index (χ0) is 12.7. The molecule has 1 fully saturated rings. The number of carbonyl (C=O) groups excluding carboxylic acids is 1. The van der Waals surface area contributed by atoms with Crippen LogP contribution in [0.3, 0.4) is 0 Å². The highest BCUT2D eigenvalue weighted by atomic mass is 16.5. The second-order valence-electron chi connectivity index (χ2n) is 4.71. The highest BCUT2D eigenvalue weighted by Crippen LogP contribution is 2.37. The molecule has 0 aromatic rings. The summed E-state index contributed by atoms with van der Waals surface area (Å²) in [5, 5.41) is 6.67. The van der Waals surface area contributed by atoms with Crippen molar-refractivity contribution in [1.82, 2.24) is 5.32 Å². The van der Waals surface area contributed by atoms with Crippen LogP contribution >= 0.6 is 0 Å². The van der Waals surface area contributed by atoms with Crippen LogP contribution in [0, 0.1) is 5.92 Å². The summed E-state index contributed by atoms with van der Waals surface area (Å²) in [6.07, 6.45) is 3.95. The first-order valence-electron chi connectivity index (χ1n) is 5.96. The lowest BCUT2D eigenvalue weighted by Crippen LogP contribution is -2.51. The van der Waals surface area contributed by atoms with Crippen molar-refractivity contribution in [2.45, 2.75) is 38.1 Å². The maximum absolute atomic E-state index is 11.8. The Morgan fingerprint density at radius 2 is 2.35 bits per heavy atom. The summed E-state index contributed by atoms with van der Waals surface area (Å²) in [5.74, 6) is 0.428. The summed E-state index contributed by atoms with van der Waals surface area (Å²) < 4.78 is 4.84. The van der Waals surface area contributed by atoms with Gasteiger partial charge in [0.05, 0.1) is 7.11 Å². The molecule has 0 spiro atoms. The molecule has 1 atom stereocenters. The Kier molecular flexibility index (Phi) is 5.25. The normalized spacial score (nSPS) is 18.0. The first kappa shape index (κ1) is 13.8. The van der Waals surface area contributed by atoms with E-state index in [-0.39, 0.29) is 5.97 Å². The first-order valence-corrected chi connectivity index (χ1v) is 5.96. The molecule has 6 heteroatoms. The lowest BCUT2D eigenvalue weighted by Gasteiger charge is -2.28. The number of nitrogens with one attached hydrogen (secondary N) is 1. The van der Waals surface area contributed by atoms with Gasteiger partial charge in [0.1, 0.15) is 5.54 Å². The van der Waals surface area contributed by atoms with E-state index >= 15 is 0 Å². The van der Waals surface area contributed by atoms with Crippen LogP contribution in [0.2, 0.25) is 0 Å². The Morgan fingerprint density at radius 1 is 1.65 bits per heavy atom. The number of methoxy groups -OCH3 is 1. The van der Waals surface area contributed by atoms with Crippen molar-refractivity contribution >= 4 is 5.97 Å². The molecule has 0 amide bonds. The third-order valence-electron chi connectivity index (χ3n) is 3.04. The standard InChI is InChI=1S/C11H20N4O2/c1-11(10(16)17-2,8-9-4-5-9)13-6-3-7-14-15-12/h9,13H,3-8H2,1-2H3. The number of hydrogen-bond acceptors (Lipinski definition) is 4. The molecule has 1 aliphatic carbocycles. The van der Waals surface area contributed by atoms with Gasteiger partial charge in [-0.2, -0.15) is 0 Å². The van der Waals surface area contributed by atoms with Crippen LogP contribution in [-0.4, -0.2) is 31.7 Å². The van der Waals surface area contributed by atoms with E-state index in [4.69, 9.17) is 10.3 Å². The summed E-state index contributed by atoms with van der Waals surface area (Å²) in [6, 6.07) is 0. The van der Waals surface area contributed by atoms with Crippen LogP contribution in [0.5, 0.6) is 0 Å². The predicted molar refractivity (Wildman–Crippen MR) is 64.4 cm³/mol. The molecule has 17 heavy (non-hydrogen) atoms. The van der Waals surface area contributed by atoms with Gasteiger partial charge in [-0.25, -0.2) is 0 Å². The van der Waals surface area contributed by atoms with Crippen LogP contribution < -0.4 is 5.32 Å². The smallest absolute Gasteiger partial charge is 0.325 e. The van der Waals surface area contributed by atoms with Gasteiger partial charge in [-0.1, -0.05) is 18.0 Å². The molecule has 0 bridgehead atoms. The van der Waals surface area contributed by atoms with Gasteiger partial charge in [0, 0.05) is 11.5 Å². The number of hydrogen-bond donors (Lipinski definition) is 1. The van der Waals surface area contributed by atoms with Gasteiger partial charge < -0.3 is 10.1 Å². The van der Waals surface area contributed by atoms with Crippen molar-refractivity contribution in [3.63, 3.8) is 0 Å². The molecule has 1 aliphatic rings. The molecule has 1 unspecified atom stereocenters. The van der Waals surface area contributed by atoms with E-state index in [9.17, 15) is 4.79 Å². The van der Waals surface area contributed by atoms with Gasteiger partial charge in [0.2, 0.25) is 0 Å². The van der Waals surface area contributed by atoms with Gasteiger partial charge >= 0.3 is 5.97 Å². The fraction of sp³-hybridized carbons (Fsp3) is 0.909. The molecule has 0 aromatic carbocycles. The molecule has 0 radical (unpaired) electrons. The van der Waals surface area contributed by atoms with Crippen molar-refractivity contribution in [2.75, 3.05) is 20.2 Å². The summed E-state index contributed by atoms with van der Waals surface area (Å²) in [5.41, 5.74) is 7.54. The summed E-state index contributed by atoms with van der Waals surface area (Å²) >= 11 is 0. The van der Waals surface area contributed by atoms with Crippen LogP contribution in [0.1, 0.15) is 32.6 Å². The summed E-state index contributed by atoms with van der Waals surface area (Å²) in [4.78, 5) is 14.4. The van der Waals surface area contributed by atoms with Crippen LogP contribution in [0.15, 0.2) is 5.11 Å². The third-order valence-corrected chi connectivity index (χ3v) is 3.04. The van der Waals surface area contributed by atoms with Crippen molar-refractivity contribution in [3.8, 4) is 0 Å². The maximum Gasteiger partial charge on any atom is 0.325 e. The van der Waals surface area contributed by atoms with E-state index in [0.29, 0.717) is 19.0 Å². The molecule has 0 aliphatic heterocycles. The minimum Gasteiger partial charge on any atom is -0.468 e. The van der Waals surface area contributed by atoms with Gasteiger partial charge in [-0.05, 0) is 37.8 Å². The number of rotatable bonds is 8. The fourth-order valence-corrected chi connectivity index (χ4v) is 1.91. The van der Waals surface area contributed by atoms with Crippen LogP contribution in [-0.2, 0) is 9.53 Å². The van der Waals surface area contributed by atoms with E-state index < -0.39 is 5.54 Å². The average Bonchev–Trinajstić information content (AvgIpc) is 3.11. The van der Waals surface area contributed by atoms with Gasteiger partial charge in [0.25, 0.3) is 0 Å². The minimum absolute atomic E-state index is 0.215. The lowest BCUT2D eigenvalue weighted by molar-refractivity contribution is -0.148. The Balaban J connectivity index is 2.39. The molecular formula is C11H20N4O2. The molecule has 1 N–H and O–H groups in total. The number of azide groups is 1. The number of nitrogens with zero attached hydrogens (tertiary/aromatic N) is 3. The highest BCUT2D eigenvalue weighted by Gasteiger charge is 2.39. The van der Waals surface area contributed by atoms with E-state index in [2.05, 4.69) is 15.3 Å². The summed E-state index contributed by atoms with van der Waals surface area (Å²) in [6.45, 7) is 2.98. The minimum atomic E-state index is -0.605. The molecule has 1 rings (SSSR count). The molecular weight excluding hydrogens is 220 g/mol. The van der Waals surface area contributed by atoms with Crippen LogP contribution in [0.25, 0.3) is 10.4 Å². The quantitative estimate of drug-likeness (QED) is 0.231. The van der Waals surface area contributed by atoms with Gasteiger partial charge in [-0.15, -0.1) is 0 Å². The van der Waals surface area contributed by atoms with E-state index in [0.717, 1.165) is 12.8 Å². The SMILES string of the molecule is COC(=O)C(C)(CC1CC1)NCCCN=[N+]=[N-]. The average molecular weight is 240 g/mol. The van der Waals surface area contributed by atoms with Crippen molar-refractivity contribution in [1.29, 1.82) is 0 Å². The highest BCUT2D eigenvalue weighted by molar-refractivity contribution is 5.80. The fourth-order valence-electron chi connectivity index (χ4n) is 1.91. The Hall–Kier alpha value is -1.26. The third kappa shape index (κ3) is 4.63. The topological polar surface area (TPSA) is 87.1 Å². The van der Waals surface area contributed by atoms with Crippen molar-refractivity contribution in [3.05, 3.63) is 10.4 Å². The van der Waals surface area contributed by atoms with Gasteiger partial charge in [-0.3, -0.25) is 4.79 Å². The molecule has 1 saturated carbocycles. The van der Waals surface area contributed by atoms with Crippen molar-refractivity contribution < 1.29 is 9.53 Å². The summed E-state index contributed by atoms with van der Waals surface area (Å²) in [7, 11) is 1.41. The van der Waals surface area contributed by atoms with Gasteiger partial charge in [0.15, 0.2) is 0 Å². The van der Waals surface area contributed by atoms with Crippen LogP contribution in [0.4, 0.5) is 0 Å². The number of carbonyl (C=O) groups is 1. The van der Waals surface area contributed by atoms with E-state index in [1.807, 2.05) is 6.92 Å². The Morgan fingerprint density at radius 3 is 2.88 bits per heavy atom. The molecule has 6 nitrogen and oxygen atoms in total. The zero-order valence-corrected chi connectivity index (χ0v) is 10.5.